The van der Waals surface area contributed by atoms with E-state index in [1.807, 2.05) is 0 Å². The summed E-state index contributed by atoms with van der Waals surface area (Å²) in [5, 5.41) is 12.0. The van der Waals surface area contributed by atoms with Gasteiger partial charge in [-0.15, -0.1) is 0 Å². The number of amides is 3. The number of benzene rings is 2. The molecule has 1 saturated heterocycles. The van der Waals surface area contributed by atoms with Gasteiger partial charge in [0.2, 0.25) is 0 Å². The fourth-order valence-corrected chi connectivity index (χ4v) is 3.36. The van der Waals surface area contributed by atoms with E-state index >= 15 is 0 Å². The second kappa shape index (κ2) is 7.53. The molecule has 3 amide bonds. The van der Waals surface area contributed by atoms with E-state index in [0.29, 0.717) is 22.2 Å². The van der Waals surface area contributed by atoms with E-state index in [1.54, 1.807) is 49.4 Å². The number of nitrogens with one attached hydrogen (secondary N) is 1. The van der Waals surface area contributed by atoms with E-state index in [4.69, 9.17) is 21.1 Å². The number of nitrogens with zero attached hydrogens (tertiary/aromatic N) is 1. The summed E-state index contributed by atoms with van der Waals surface area (Å²) in [6.45, 7) is 1.78. The Morgan fingerprint density at radius 1 is 1.13 bits per heavy atom. The Morgan fingerprint density at radius 2 is 1.93 bits per heavy atom. The second-order valence-electron chi connectivity index (χ2n) is 6.65. The van der Waals surface area contributed by atoms with Crippen molar-refractivity contribution in [3.63, 3.8) is 0 Å². The molecule has 150 valence electrons. The highest BCUT2D eigenvalue weighted by atomic mass is 35.5. The third-order valence-corrected chi connectivity index (χ3v) is 4.83. The first-order valence-electron chi connectivity index (χ1n) is 8.90. The van der Waals surface area contributed by atoms with Crippen molar-refractivity contribution in [3.8, 4) is 11.3 Å². The third-order valence-electron chi connectivity index (χ3n) is 4.60. The maximum absolute atomic E-state index is 12.7. The van der Waals surface area contributed by atoms with Crippen molar-refractivity contribution in [2.75, 3.05) is 4.90 Å². The Balaban J connectivity index is 1.61. The van der Waals surface area contributed by atoms with Gasteiger partial charge in [0.1, 0.15) is 17.2 Å². The monoisotopic (exact) mass is 422 g/mol. The number of hydrogen-bond donors (Lipinski definition) is 2. The van der Waals surface area contributed by atoms with Crippen LogP contribution >= 0.6 is 11.6 Å². The normalized spacial score (nSPS) is 15.0. The number of hydrogen-bond acceptors (Lipinski definition) is 4. The van der Waals surface area contributed by atoms with E-state index in [2.05, 4.69) is 5.32 Å². The highest BCUT2D eigenvalue weighted by Crippen LogP contribution is 2.29. The minimum absolute atomic E-state index is 0.0684. The van der Waals surface area contributed by atoms with Gasteiger partial charge in [-0.25, -0.2) is 14.5 Å². The van der Waals surface area contributed by atoms with Crippen LogP contribution in [-0.4, -0.2) is 23.0 Å². The maximum Gasteiger partial charge on any atom is 0.335 e. The van der Waals surface area contributed by atoms with Crippen LogP contribution in [0, 0.1) is 6.92 Å². The molecule has 0 unspecified atom stereocenters. The molecule has 1 aliphatic heterocycles. The van der Waals surface area contributed by atoms with Gasteiger partial charge >= 0.3 is 12.0 Å². The number of furan rings is 1. The first kappa shape index (κ1) is 19.5. The van der Waals surface area contributed by atoms with Gasteiger partial charge in [-0.1, -0.05) is 23.7 Å². The van der Waals surface area contributed by atoms with Crippen molar-refractivity contribution in [1.29, 1.82) is 0 Å². The topological polar surface area (TPSA) is 99.9 Å². The summed E-state index contributed by atoms with van der Waals surface area (Å²) in [7, 11) is 0. The first-order chi connectivity index (χ1) is 14.3. The average molecular weight is 423 g/mol. The van der Waals surface area contributed by atoms with Crippen molar-refractivity contribution >= 4 is 41.3 Å². The van der Waals surface area contributed by atoms with E-state index < -0.39 is 17.9 Å². The molecular formula is C22H15ClN2O5. The van der Waals surface area contributed by atoms with E-state index in [9.17, 15) is 14.4 Å². The number of halogens is 1. The number of aromatic carboxylic acids is 1. The number of imide groups is 1. The van der Waals surface area contributed by atoms with Gasteiger partial charge in [-0.3, -0.25) is 4.79 Å². The number of carboxylic acid groups (broad SMARTS) is 1. The number of aryl methyl sites for hydroxylation is 1. The molecule has 0 radical (unpaired) electrons. The van der Waals surface area contributed by atoms with E-state index in [1.165, 1.54) is 18.2 Å². The predicted molar refractivity (Wildman–Crippen MR) is 111 cm³/mol. The lowest BCUT2D eigenvalue weighted by molar-refractivity contribution is -0.113. The smallest absolute Gasteiger partial charge is 0.335 e. The Labute approximate surface area is 176 Å². The fraction of sp³-hybridized carbons (Fsp3) is 0.0455. The Hall–Kier alpha value is -3.84. The van der Waals surface area contributed by atoms with Gasteiger partial charge in [0.05, 0.1) is 11.3 Å². The molecule has 0 bridgehead atoms. The van der Waals surface area contributed by atoms with Crippen LogP contribution in [0.3, 0.4) is 0 Å². The minimum atomic E-state index is -1.01. The van der Waals surface area contributed by atoms with Crippen LogP contribution in [-0.2, 0) is 4.79 Å². The molecule has 1 fully saturated rings. The Bertz CT molecular complexity index is 1230. The number of rotatable bonds is 4. The lowest BCUT2D eigenvalue weighted by Crippen LogP contribution is -2.30. The molecule has 0 saturated carbocycles. The average Bonchev–Trinajstić information content (AvgIpc) is 3.26. The minimum Gasteiger partial charge on any atom is -0.478 e. The molecule has 0 aliphatic carbocycles. The van der Waals surface area contributed by atoms with Crippen LogP contribution in [0.2, 0.25) is 5.02 Å². The summed E-state index contributed by atoms with van der Waals surface area (Å²) in [5.74, 6) is -0.653. The van der Waals surface area contributed by atoms with Gasteiger partial charge < -0.3 is 14.8 Å². The number of urea groups is 1. The Morgan fingerprint density at radius 3 is 2.63 bits per heavy atom. The van der Waals surface area contributed by atoms with Crippen molar-refractivity contribution in [2.45, 2.75) is 6.92 Å². The zero-order valence-electron chi connectivity index (χ0n) is 15.7. The molecule has 0 atom stereocenters. The summed E-state index contributed by atoms with van der Waals surface area (Å²) in [6, 6.07) is 13.9. The van der Waals surface area contributed by atoms with Gasteiger partial charge in [0, 0.05) is 16.7 Å². The first-order valence-corrected chi connectivity index (χ1v) is 9.28. The summed E-state index contributed by atoms with van der Waals surface area (Å²) >= 11 is 5.95. The van der Waals surface area contributed by atoms with E-state index in [-0.39, 0.29) is 11.3 Å². The molecule has 2 heterocycles. The lowest BCUT2D eigenvalue weighted by atomic mass is 10.0. The van der Waals surface area contributed by atoms with Crippen LogP contribution in [0.15, 0.2) is 64.7 Å². The zero-order chi connectivity index (χ0) is 21.4. The molecule has 3 aromatic rings. The van der Waals surface area contributed by atoms with Crippen LogP contribution < -0.4 is 10.2 Å². The number of carbonyl (C=O) groups excluding carboxylic acids is 2. The zero-order valence-corrected chi connectivity index (χ0v) is 16.4. The summed E-state index contributed by atoms with van der Waals surface area (Å²) in [5.41, 5.74) is 2.08. The molecular weight excluding hydrogens is 408 g/mol. The molecule has 2 N–H and O–H groups in total. The standard InChI is InChI=1S/C22H15ClN2O5/c1-12-9-13(21(27)28)5-7-17(12)19-8-6-16(30-19)11-18-20(26)25(22(29)24-18)15-4-2-3-14(23)10-15/h2-11H,1H3,(H,24,29)(H,27,28)/b18-11+. The predicted octanol–water partition coefficient (Wildman–Crippen LogP) is 4.70. The SMILES string of the molecule is Cc1cc(C(=O)O)ccc1-c1ccc(/C=C2/NC(=O)N(c3cccc(Cl)c3)C2=O)o1. The summed E-state index contributed by atoms with van der Waals surface area (Å²) < 4.78 is 5.79. The van der Waals surface area contributed by atoms with E-state index in [0.717, 1.165) is 16.0 Å². The van der Waals surface area contributed by atoms with Crippen molar-refractivity contribution in [2.24, 2.45) is 0 Å². The molecule has 1 aromatic heterocycles. The number of carbonyl (C=O) groups is 3. The fourth-order valence-electron chi connectivity index (χ4n) is 3.18. The quantitative estimate of drug-likeness (QED) is 0.468. The second-order valence-corrected chi connectivity index (χ2v) is 7.08. The van der Waals surface area contributed by atoms with Crippen LogP contribution in [0.4, 0.5) is 10.5 Å². The van der Waals surface area contributed by atoms with Crippen molar-refractivity contribution < 1.29 is 23.9 Å². The van der Waals surface area contributed by atoms with Gasteiger partial charge in [-0.05, 0) is 55.0 Å². The molecule has 7 nitrogen and oxygen atoms in total. The van der Waals surface area contributed by atoms with Crippen LogP contribution in [0.1, 0.15) is 21.7 Å². The molecule has 4 rings (SSSR count). The molecule has 30 heavy (non-hydrogen) atoms. The van der Waals surface area contributed by atoms with Gasteiger partial charge in [0.15, 0.2) is 0 Å². The number of anilines is 1. The van der Waals surface area contributed by atoms with Crippen LogP contribution in [0.25, 0.3) is 17.4 Å². The third kappa shape index (κ3) is 3.58. The lowest BCUT2D eigenvalue weighted by Gasteiger charge is -2.11. The van der Waals surface area contributed by atoms with Gasteiger partial charge in [-0.2, -0.15) is 0 Å². The maximum atomic E-state index is 12.7. The van der Waals surface area contributed by atoms with Crippen LogP contribution in [0.5, 0.6) is 0 Å². The molecule has 8 heteroatoms. The summed E-state index contributed by atoms with van der Waals surface area (Å²) in [6.07, 6.45) is 1.44. The molecule has 2 aromatic carbocycles. The molecule has 1 aliphatic rings. The Kier molecular flexibility index (Phi) is 4.89. The van der Waals surface area contributed by atoms with Gasteiger partial charge in [0.25, 0.3) is 5.91 Å². The number of carboxylic acids is 1. The highest BCUT2D eigenvalue weighted by Gasteiger charge is 2.35. The summed E-state index contributed by atoms with van der Waals surface area (Å²) in [4.78, 5) is 37.1. The molecule has 0 spiro atoms. The largest absolute Gasteiger partial charge is 0.478 e. The van der Waals surface area contributed by atoms with Crippen molar-refractivity contribution in [1.82, 2.24) is 5.32 Å². The highest BCUT2D eigenvalue weighted by molar-refractivity contribution is 6.32. The van der Waals surface area contributed by atoms with Crippen molar-refractivity contribution in [3.05, 3.63) is 82.2 Å².